The summed E-state index contributed by atoms with van der Waals surface area (Å²) >= 11 is 0. The second kappa shape index (κ2) is 7.71. The van der Waals surface area contributed by atoms with Crippen LogP contribution < -0.4 is 19.7 Å². The molecule has 6 nitrogen and oxygen atoms in total. The highest BCUT2D eigenvalue weighted by molar-refractivity contribution is 5.91. The van der Waals surface area contributed by atoms with E-state index in [1.165, 1.54) is 0 Å². The average Bonchev–Trinajstić information content (AvgIpc) is 2.52. The number of ether oxygens (including phenoxy) is 2. The fourth-order valence-electron chi connectivity index (χ4n) is 2.20. The van der Waals surface area contributed by atoms with E-state index in [1.807, 2.05) is 0 Å². The molecule has 0 unspecified atom stereocenters. The van der Waals surface area contributed by atoms with E-state index in [0.717, 1.165) is 25.7 Å². The van der Waals surface area contributed by atoms with Crippen molar-refractivity contribution < 1.29 is 14.3 Å². The number of urea groups is 1. The van der Waals surface area contributed by atoms with Crippen LogP contribution in [-0.4, -0.2) is 37.8 Å². The quantitative estimate of drug-likeness (QED) is 0.785. The highest BCUT2D eigenvalue weighted by Gasteiger charge is 2.21. The Bertz CT molecular complexity index is 479. The maximum Gasteiger partial charge on any atom is 0.323 e. The highest BCUT2D eigenvalue weighted by atomic mass is 16.5. The number of carbonyl (C=O) groups is 1. The van der Waals surface area contributed by atoms with Crippen LogP contribution in [0, 0.1) is 0 Å². The second-order valence-electron chi connectivity index (χ2n) is 4.97. The Kier molecular flexibility index (Phi) is 5.66. The summed E-state index contributed by atoms with van der Waals surface area (Å²) in [7, 11) is 1.59. The predicted molar refractivity (Wildman–Crippen MR) is 81.2 cm³/mol. The summed E-state index contributed by atoms with van der Waals surface area (Å²) in [6, 6.07) is 3.46. The zero-order valence-corrected chi connectivity index (χ0v) is 12.7. The molecule has 2 rings (SSSR count). The van der Waals surface area contributed by atoms with E-state index in [9.17, 15) is 4.79 Å². The van der Waals surface area contributed by atoms with Gasteiger partial charge in [0, 0.05) is 13.1 Å². The van der Waals surface area contributed by atoms with Crippen LogP contribution in [-0.2, 0) is 0 Å². The van der Waals surface area contributed by atoms with Gasteiger partial charge in [-0.3, -0.25) is 4.90 Å². The summed E-state index contributed by atoms with van der Waals surface area (Å²) in [6.45, 7) is 4.13. The van der Waals surface area contributed by atoms with E-state index in [4.69, 9.17) is 9.47 Å². The Morgan fingerprint density at radius 3 is 2.95 bits per heavy atom. The molecule has 116 valence electrons. The van der Waals surface area contributed by atoms with Gasteiger partial charge in [0.1, 0.15) is 5.82 Å². The minimum absolute atomic E-state index is 0.115. The Morgan fingerprint density at radius 2 is 2.24 bits per heavy atom. The van der Waals surface area contributed by atoms with Crippen molar-refractivity contribution in [3.05, 3.63) is 12.1 Å². The van der Waals surface area contributed by atoms with E-state index in [1.54, 1.807) is 24.1 Å². The summed E-state index contributed by atoms with van der Waals surface area (Å²) in [4.78, 5) is 17.9. The number of carbonyl (C=O) groups excluding carboxylic acids is 1. The fraction of sp³-hybridized carbons (Fsp3) is 0.600. The standard InChI is InChI=1S/C15H23N3O3/c1-3-4-5-11-21-14-12(20-2)7-8-13(17-14)18-10-6-9-16-15(18)19/h7-8H,3-6,9-11H2,1-2H3,(H,16,19). The van der Waals surface area contributed by atoms with E-state index in [-0.39, 0.29) is 6.03 Å². The smallest absolute Gasteiger partial charge is 0.323 e. The van der Waals surface area contributed by atoms with Gasteiger partial charge in [-0.25, -0.2) is 4.79 Å². The number of pyridine rings is 1. The number of hydrogen-bond donors (Lipinski definition) is 1. The van der Waals surface area contributed by atoms with Crippen molar-refractivity contribution in [3.8, 4) is 11.6 Å². The monoisotopic (exact) mass is 293 g/mol. The number of nitrogens with zero attached hydrogens (tertiary/aromatic N) is 2. The van der Waals surface area contributed by atoms with Crippen LogP contribution >= 0.6 is 0 Å². The first-order valence-corrected chi connectivity index (χ1v) is 7.49. The molecule has 6 heteroatoms. The molecule has 1 aliphatic heterocycles. The number of unbranched alkanes of at least 4 members (excludes halogenated alkanes) is 2. The third-order valence-electron chi connectivity index (χ3n) is 3.37. The van der Waals surface area contributed by atoms with Crippen LogP contribution in [0.5, 0.6) is 11.6 Å². The number of anilines is 1. The molecule has 1 fully saturated rings. The van der Waals surface area contributed by atoms with Crippen LogP contribution in [0.25, 0.3) is 0 Å². The van der Waals surface area contributed by atoms with Crippen molar-refractivity contribution in [2.45, 2.75) is 32.6 Å². The van der Waals surface area contributed by atoms with Crippen molar-refractivity contribution in [1.82, 2.24) is 10.3 Å². The van der Waals surface area contributed by atoms with Gasteiger partial charge in [0.2, 0.25) is 0 Å². The zero-order chi connectivity index (χ0) is 15.1. The zero-order valence-electron chi connectivity index (χ0n) is 12.7. The molecule has 2 amide bonds. The summed E-state index contributed by atoms with van der Waals surface area (Å²) in [6.07, 6.45) is 4.15. The normalized spacial score (nSPS) is 14.8. The van der Waals surface area contributed by atoms with Crippen LogP contribution in [0.3, 0.4) is 0 Å². The Hall–Kier alpha value is -1.98. The lowest BCUT2D eigenvalue weighted by Gasteiger charge is -2.26. The molecule has 21 heavy (non-hydrogen) atoms. The molecule has 1 aliphatic rings. The first kappa shape index (κ1) is 15.4. The lowest BCUT2D eigenvalue weighted by Crippen LogP contribution is -2.46. The molecular weight excluding hydrogens is 270 g/mol. The van der Waals surface area contributed by atoms with E-state index < -0.39 is 0 Å². The highest BCUT2D eigenvalue weighted by Crippen LogP contribution is 2.28. The summed E-state index contributed by atoms with van der Waals surface area (Å²) in [5.41, 5.74) is 0. The van der Waals surface area contributed by atoms with Crippen LogP contribution in [0.1, 0.15) is 32.6 Å². The van der Waals surface area contributed by atoms with E-state index in [0.29, 0.717) is 37.1 Å². The minimum Gasteiger partial charge on any atom is -0.491 e. The molecule has 0 bridgehead atoms. The molecule has 0 spiro atoms. The number of amides is 2. The van der Waals surface area contributed by atoms with Crippen molar-refractivity contribution in [2.75, 3.05) is 31.7 Å². The van der Waals surface area contributed by atoms with Gasteiger partial charge in [0.25, 0.3) is 5.88 Å². The number of hydrogen-bond acceptors (Lipinski definition) is 4. The lowest BCUT2D eigenvalue weighted by molar-refractivity contribution is 0.242. The number of methoxy groups -OCH3 is 1. The molecule has 0 atom stereocenters. The number of rotatable bonds is 7. The van der Waals surface area contributed by atoms with Gasteiger partial charge in [-0.2, -0.15) is 4.98 Å². The van der Waals surface area contributed by atoms with Gasteiger partial charge in [0.15, 0.2) is 5.75 Å². The molecule has 0 radical (unpaired) electrons. The average molecular weight is 293 g/mol. The third kappa shape index (κ3) is 4.00. The summed E-state index contributed by atoms with van der Waals surface area (Å²) in [5.74, 6) is 1.63. The van der Waals surface area contributed by atoms with Crippen molar-refractivity contribution in [1.29, 1.82) is 0 Å². The largest absolute Gasteiger partial charge is 0.491 e. The van der Waals surface area contributed by atoms with Crippen LogP contribution in [0.4, 0.5) is 10.6 Å². The molecule has 1 aromatic heterocycles. The van der Waals surface area contributed by atoms with Gasteiger partial charge in [0.05, 0.1) is 13.7 Å². The fourth-order valence-corrected chi connectivity index (χ4v) is 2.20. The van der Waals surface area contributed by atoms with E-state index in [2.05, 4.69) is 17.2 Å². The maximum absolute atomic E-state index is 11.9. The molecule has 0 aromatic carbocycles. The first-order valence-electron chi connectivity index (χ1n) is 7.49. The third-order valence-corrected chi connectivity index (χ3v) is 3.37. The molecule has 2 heterocycles. The minimum atomic E-state index is -0.115. The second-order valence-corrected chi connectivity index (χ2v) is 4.97. The Labute approximate surface area is 125 Å². The molecule has 1 aromatic rings. The van der Waals surface area contributed by atoms with Gasteiger partial charge < -0.3 is 14.8 Å². The van der Waals surface area contributed by atoms with Crippen molar-refractivity contribution in [3.63, 3.8) is 0 Å². The number of nitrogens with one attached hydrogen (secondary N) is 1. The maximum atomic E-state index is 11.9. The molecule has 1 saturated heterocycles. The summed E-state index contributed by atoms with van der Waals surface area (Å²) < 4.78 is 11.0. The topological polar surface area (TPSA) is 63.7 Å². The Balaban J connectivity index is 2.10. The molecule has 1 N–H and O–H groups in total. The Morgan fingerprint density at radius 1 is 1.38 bits per heavy atom. The predicted octanol–water partition coefficient (Wildman–Crippen LogP) is 2.58. The van der Waals surface area contributed by atoms with Gasteiger partial charge in [-0.1, -0.05) is 19.8 Å². The molecule has 0 saturated carbocycles. The SMILES string of the molecule is CCCCCOc1nc(N2CCCNC2=O)ccc1OC. The van der Waals surface area contributed by atoms with Gasteiger partial charge in [-0.05, 0) is 25.0 Å². The van der Waals surface area contributed by atoms with Crippen LogP contribution in [0.15, 0.2) is 12.1 Å². The van der Waals surface area contributed by atoms with Gasteiger partial charge in [-0.15, -0.1) is 0 Å². The number of aromatic nitrogens is 1. The summed E-state index contributed by atoms with van der Waals surface area (Å²) in [5, 5.41) is 2.81. The molecular formula is C15H23N3O3. The van der Waals surface area contributed by atoms with Crippen molar-refractivity contribution >= 4 is 11.8 Å². The molecule has 0 aliphatic carbocycles. The van der Waals surface area contributed by atoms with Crippen molar-refractivity contribution in [2.24, 2.45) is 0 Å². The van der Waals surface area contributed by atoms with Gasteiger partial charge >= 0.3 is 6.03 Å². The lowest BCUT2D eigenvalue weighted by atomic mass is 10.3. The van der Waals surface area contributed by atoms with Crippen LogP contribution in [0.2, 0.25) is 0 Å². The van der Waals surface area contributed by atoms with E-state index >= 15 is 0 Å². The first-order chi connectivity index (χ1) is 10.3.